The fourth-order valence-electron chi connectivity index (χ4n) is 4.34. The zero-order valence-electron chi connectivity index (χ0n) is 19.7. The molecule has 0 saturated heterocycles. The molecule has 0 fully saturated rings. The van der Waals surface area contributed by atoms with Crippen molar-refractivity contribution in [3.63, 3.8) is 0 Å². The highest BCUT2D eigenvalue weighted by Gasteiger charge is 2.55. The Morgan fingerprint density at radius 2 is 1.30 bits per heavy atom. The third-order valence-corrected chi connectivity index (χ3v) is 11.8. The van der Waals surface area contributed by atoms with Gasteiger partial charge in [0.1, 0.15) is 5.73 Å². The molecule has 0 saturated carbocycles. The molecule has 2 rings (SSSR count). The lowest BCUT2D eigenvalue weighted by molar-refractivity contribution is -0.00360. The highest BCUT2D eigenvalue weighted by molar-refractivity contribution is 7.05. The maximum Gasteiger partial charge on any atom is 0.403 e. The summed E-state index contributed by atoms with van der Waals surface area (Å²) in [5, 5.41) is 10.8. The predicted octanol–water partition coefficient (Wildman–Crippen LogP) is 3.38. The number of aliphatic hydroxyl groups is 1. The zero-order valence-corrected chi connectivity index (χ0v) is 21.4. The highest BCUT2D eigenvalue weighted by Crippen LogP contribution is 2.39. The average molecular weight is 495 g/mol. The quantitative estimate of drug-likeness (QED) is 0.246. The van der Waals surface area contributed by atoms with E-state index in [4.69, 9.17) is 35.7 Å². The predicted molar refractivity (Wildman–Crippen MR) is 133 cm³/mol. The van der Waals surface area contributed by atoms with Crippen LogP contribution in [0.1, 0.15) is 20.8 Å². The summed E-state index contributed by atoms with van der Waals surface area (Å²) in [6.45, 7) is 8.59. The summed E-state index contributed by atoms with van der Waals surface area (Å²) in [6, 6.07) is 20.4. The first-order chi connectivity index (χ1) is 15.8. The van der Waals surface area contributed by atoms with Gasteiger partial charge in [-0.25, -0.2) is 4.79 Å². The molecule has 1 unspecified atom stereocenters. The third kappa shape index (κ3) is 7.63. The minimum Gasteiger partial charge on any atom is -0.451 e. The van der Waals surface area contributed by atoms with Crippen LogP contribution in [-0.4, -0.2) is 70.6 Å². The zero-order chi connectivity index (χ0) is 24.2. The lowest BCUT2D eigenvalue weighted by Gasteiger charge is -2.47. The van der Waals surface area contributed by atoms with Crippen LogP contribution in [0, 0.1) is 0 Å². The molecule has 2 aromatic rings. The van der Waals surface area contributed by atoms with Crippen molar-refractivity contribution in [2.45, 2.75) is 31.5 Å². The van der Waals surface area contributed by atoms with Crippen molar-refractivity contribution in [2.75, 3.05) is 46.2 Å². The highest BCUT2D eigenvalue weighted by atomic mass is 35.5. The van der Waals surface area contributed by atoms with Gasteiger partial charge in [0.15, 0.2) is 8.07 Å². The number of hydrogen-bond donors (Lipinski definition) is 1. The van der Waals surface area contributed by atoms with Gasteiger partial charge in [0.05, 0.1) is 46.2 Å². The molecule has 0 spiro atoms. The van der Waals surface area contributed by atoms with Gasteiger partial charge >= 0.3 is 5.43 Å². The molecule has 0 aliphatic heterocycles. The van der Waals surface area contributed by atoms with Crippen LogP contribution in [0.2, 0.25) is 5.04 Å². The second kappa shape index (κ2) is 13.8. The standard InChI is InChI=1S/C25H35ClO6Si/c1-25(2,3)33(21-10-6-4-7-11-21,22-12-8-5-9-13-22)23(32-24(26)28)20-31-19-18-30-17-16-29-15-14-27/h4-13,23,27H,14-20H2,1-3H3. The first-order valence-corrected chi connectivity index (χ1v) is 13.6. The van der Waals surface area contributed by atoms with E-state index in [1.165, 1.54) is 0 Å². The van der Waals surface area contributed by atoms with Crippen molar-refractivity contribution >= 4 is 35.5 Å². The monoisotopic (exact) mass is 494 g/mol. The lowest BCUT2D eigenvalue weighted by Crippen LogP contribution is -2.73. The summed E-state index contributed by atoms with van der Waals surface area (Å²) in [5.41, 5.74) is -1.38. The van der Waals surface area contributed by atoms with Crippen LogP contribution in [0.4, 0.5) is 4.79 Å². The molecule has 0 aromatic heterocycles. The van der Waals surface area contributed by atoms with Crippen molar-refractivity contribution < 1.29 is 28.8 Å². The minimum absolute atomic E-state index is 0.00790. The summed E-state index contributed by atoms with van der Waals surface area (Å²) in [4.78, 5) is 12.0. The molecule has 1 N–H and O–H groups in total. The minimum atomic E-state index is -2.77. The number of hydrogen-bond acceptors (Lipinski definition) is 6. The molecule has 0 bridgehead atoms. The van der Waals surface area contributed by atoms with Crippen LogP contribution in [0.15, 0.2) is 60.7 Å². The normalized spacial score (nSPS) is 13.0. The number of aliphatic hydroxyl groups excluding tert-OH is 1. The van der Waals surface area contributed by atoms with Gasteiger partial charge in [0.2, 0.25) is 0 Å². The molecular weight excluding hydrogens is 460 g/mol. The number of ether oxygens (including phenoxy) is 4. The molecule has 33 heavy (non-hydrogen) atoms. The smallest absolute Gasteiger partial charge is 0.403 e. The van der Waals surface area contributed by atoms with E-state index in [1.54, 1.807) is 0 Å². The molecule has 8 heteroatoms. The van der Waals surface area contributed by atoms with Gasteiger partial charge in [-0.15, -0.1) is 0 Å². The summed E-state index contributed by atoms with van der Waals surface area (Å²) in [6.07, 6.45) is 0. The molecule has 182 valence electrons. The van der Waals surface area contributed by atoms with Crippen molar-refractivity contribution in [2.24, 2.45) is 0 Å². The second-order valence-electron chi connectivity index (χ2n) is 8.66. The van der Waals surface area contributed by atoms with Gasteiger partial charge in [-0.2, -0.15) is 0 Å². The Morgan fingerprint density at radius 1 is 0.848 bits per heavy atom. The van der Waals surface area contributed by atoms with Crippen LogP contribution >= 0.6 is 11.6 Å². The Kier molecular flexibility index (Phi) is 11.5. The van der Waals surface area contributed by atoms with E-state index >= 15 is 0 Å². The number of benzene rings is 2. The first kappa shape index (κ1) is 27.5. The van der Waals surface area contributed by atoms with Crippen LogP contribution in [0.25, 0.3) is 0 Å². The van der Waals surface area contributed by atoms with Gasteiger partial charge in [0, 0.05) is 11.6 Å². The Labute approximate surface area is 202 Å². The molecular formula is C25H35ClO6Si. The molecule has 2 aromatic carbocycles. The molecule has 1 atom stereocenters. The first-order valence-electron chi connectivity index (χ1n) is 11.1. The van der Waals surface area contributed by atoms with E-state index in [9.17, 15) is 4.79 Å². The summed E-state index contributed by atoms with van der Waals surface area (Å²) < 4.78 is 22.4. The fourth-order valence-corrected chi connectivity index (χ4v) is 10.4. The van der Waals surface area contributed by atoms with E-state index in [-0.39, 0.29) is 18.3 Å². The molecule has 0 amide bonds. The Morgan fingerprint density at radius 3 is 1.73 bits per heavy atom. The van der Waals surface area contributed by atoms with E-state index in [0.717, 1.165) is 10.4 Å². The lowest BCUT2D eigenvalue weighted by atomic mass is 10.2. The van der Waals surface area contributed by atoms with Crippen LogP contribution in [-0.2, 0) is 18.9 Å². The number of rotatable bonds is 14. The SMILES string of the molecule is CC(C)(C)[Si](c1ccccc1)(c1ccccc1)C(COCCOCCOCCO)OC(=O)Cl. The topological polar surface area (TPSA) is 74.2 Å². The Bertz CT molecular complexity index is 773. The van der Waals surface area contributed by atoms with Crippen LogP contribution in [0.5, 0.6) is 0 Å². The van der Waals surface area contributed by atoms with Gasteiger partial charge in [-0.05, 0) is 15.4 Å². The molecule has 0 heterocycles. The fraction of sp³-hybridized carbons (Fsp3) is 0.480. The van der Waals surface area contributed by atoms with Crippen LogP contribution < -0.4 is 10.4 Å². The summed E-state index contributed by atoms with van der Waals surface area (Å²) in [5.74, 6) is 0. The average Bonchev–Trinajstić information content (AvgIpc) is 2.78. The molecule has 6 nitrogen and oxygen atoms in total. The Balaban J connectivity index is 2.28. The number of halogens is 1. The maximum atomic E-state index is 12.0. The van der Waals surface area contributed by atoms with E-state index in [0.29, 0.717) is 33.0 Å². The van der Waals surface area contributed by atoms with Crippen molar-refractivity contribution in [1.82, 2.24) is 0 Å². The van der Waals surface area contributed by atoms with Crippen molar-refractivity contribution in [3.8, 4) is 0 Å². The van der Waals surface area contributed by atoms with E-state index < -0.39 is 19.2 Å². The second-order valence-corrected chi connectivity index (χ2v) is 13.9. The summed E-state index contributed by atoms with van der Waals surface area (Å²) in [7, 11) is -2.77. The third-order valence-electron chi connectivity index (χ3n) is 5.61. The molecule has 0 aliphatic rings. The van der Waals surface area contributed by atoms with Gasteiger partial charge in [-0.1, -0.05) is 81.4 Å². The van der Waals surface area contributed by atoms with Crippen molar-refractivity contribution in [3.05, 3.63) is 60.7 Å². The summed E-state index contributed by atoms with van der Waals surface area (Å²) >= 11 is 5.78. The van der Waals surface area contributed by atoms with Gasteiger partial charge in [0.25, 0.3) is 0 Å². The number of carbonyl (C=O) groups excluding carboxylic acids is 1. The Hall–Kier alpha value is -1.74. The maximum absolute atomic E-state index is 12.0. The largest absolute Gasteiger partial charge is 0.451 e. The van der Waals surface area contributed by atoms with Gasteiger partial charge in [-0.3, -0.25) is 0 Å². The van der Waals surface area contributed by atoms with Crippen molar-refractivity contribution in [1.29, 1.82) is 0 Å². The van der Waals surface area contributed by atoms with Crippen LogP contribution in [0.3, 0.4) is 0 Å². The molecule has 0 radical (unpaired) electrons. The van der Waals surface area contributed by atoms with E-state index in [2.05, 4.69) is 45.0 Å². The molecule has 0 aliphatic carbocycles. The number of carbonyl (C=O) groups is 1. The van der Waals surface area contributed by atoms with Gasteiger partial charge < -0.3 is 24.1 Å². The van der Waals surface area contributed by atoms with E-state index in [1.807, 2.05) is 36.4 Å².